The van der Waals surface area contributed by atoms with Gasteiger partial charge in [-0.3, -0.25) is 0 Å². The summed E-state index contributed by atoms with van der Waals surface area (Å²) in [5.41, 5.74) is 2.55. The molecular weight excluding hydrogens is 442 g/mol. The van der Waals surface area contributed by atoms with E-state index >= 15 is 0 Å². The second-order valence-electron chi connectivity index (χ2n) is 7.00. The number of nitrogens with zero attached hydrogens (tertiary/aromatic N) is 4. The molecule has 3 rings (SSSR count). The van der Waals surface area contributed by atoms with Gasteiger partial charge in [0.1, 0.15) is 12.7 Å². The van der Waals surface area contributed by atoms with Crippen LogP contribution in [-0.4, -0.2) is 14.8 Å². The lowest BCUT2D eigenvalue weighted by Gasteiger charge is -2.19. The van der Waals surface area contributed by atoms with Crippen molar-refractivity contribution >= 4 is 35.7 Å². The smallest absolute Gasteiger partial charge is 0.244 e. The van der Waals surface area contributed by atoms with Crippen molar-refractivity contribution < 1.29 is 8.47 Å². The van der Waals surface area contributed by atoms with Crippen LogP contribution >= 0.6 is 35.7 Å². The number of nitrogens with two attached hydrogens (primary N) is 1. The third-order valence-electron chi connectivity index (χ3n) is 4.34. The lowest BCUT2D eigenvalue weighted by atomic mass is 9.84. The standard InChI is InChI=1S/C20H20ClN5O2S2/c1-20(2,11-22)16-6-14(9-26-13-24-12-25-26)5-15(7-16)10-29-17-3-4-19(18(21)8-17)27-30-28-23/h3-8,12-13H,9-10,23H2,1-2H3. The summed E-state index contributed by atoms with van der Waals surface area (Å²) >= 11 is 8.55. The number of aromatic nitrogens is 3. The Morgan fingerprint density at radius 2 is 2.03 bits per heavy atom. The Morgan fingerprint density at radius 3 is 2.70 bits per heavy atom. The minimum Gasteiger partial charge on any atom is -0.398 e. The molecule has 0 aliphatic carbocycles. The summed E-state index contributed by atoms with van der Waals surface area (Å²) in [6.07, 6.45) is 3.19. The minimum atomic E-state index is -0.594. The number of benzene rings is 2. The average molecular weight is 462 g/mol. The molecule has 30 heavy (non-hydrogen) atoms. The Morgan fingerprint density at radius 1 is 1.23 bits per heavy atom. The van der Waals surface area contributed by atoms with Crippen LogP contribution in [0.4, 0.5) is 0 Å². The van der Waals surface area contributed by atoms with E-state index in [4.69, 9.17) is 21.7 Å². The highest BCUT2D eigenvalue weighted by Gasteiger charge is 2.21. The van der Waals surface area contributed by atoms with Crippen LogP contribution in [0.3, 0.4) is 0 Å². The van der Waals surface area contributed by atoms with E-state index in [1.165, 1.54) is 6.33 Å². The summed E-state index contributed by atoms with van der Waals surface area (Å²) < 4.78 is 11.3. The van der Waals surface area contributed by atoms with Crippen molar-refractivity contribution in [1.29, 1.82) is 5.26 Å². The van der Waals surface area contributed by atoms with Gasteiger partial charge in [0.25, 0.3) is 0 Å². The molecule has 7 nitrogen and oxygen atoms in total. The maximum absolute atomic E-state index is 9.58. The monoisotopic (exact) mass is 461 g/mol. The second-order valence-corrected chi connectivity index (χ2v) is 8.95. The fraction of sp³-hybridized carbons (Fsp3) is 0.250. The van der Waals surface area contributed by atoms with Crippen LogP contribution in [0.2, 0.25) is 5.02 Å². The molecule has 1 aromatic heterocycles. The van der Waals surface area contributed by atoms with Gasteiger partial charge in [0, 0.05) is 10.6 Å². The molecule has 0 unspecified atom stereocenters. The highest BCUT2D eigenvalue weighted by atomic mass is 35.5. The predicted molar refractivity (Wildman–Crippen MR) is 119 cm³/mol. The first-order chi connectivity index (χ1) is 14.4. The van der Waals surface area contributed by atoms with E-state index in [9.17, 15) is 5.26 Å². The first-order valence-corrected chi connectivity index (χ1v) is 10.9. The zero-order valence-electron chi connectivity index (χ0n) is 16.4. The van der Waals surface area contributed by atoms with E-state index < -0.39 is 5.41 Å². The number of thioether (sulfide) groups is 1. The van der Waals surface area contributed by atoms with Gasteiger partial charge in [-0.25, -0.2) is 9.67 Å². The number of rotatable bonds is 9. The normalized spacial score (nSPS) is 11.3. The van der Waals surface area contributed by atoms with Crippen molar-refractivity contribution in [2.45, 2.75) is 36.5 Å². The molecule has 0 fully saturated rings. The van der Waals surface area contributed by atoms with E-state index in [0.29, 0.717) is 29.6 Å². The molecule has 0 amide bonds. The Balaban J connectivity index is 1.80. The summed E-state index contributed by atoms with van der Waals surface area (Å²) in [5.74, 6) is 6.13. The highest BCUT2D eigenvalue weighted by molar-refractivity contribution is 7.98. The summed E-state index contributed by atoms with van der Waals surface area (Å²) in [7, 11) is 0. The van der Waals surface area contributed by atoms with Gasteiger partial charge < -0.3 is 4.18 Å². The first kappa shape index (κ1) is 22.5. The van der Waals surface area contributed by atoms with Gasteiger partial charge in [0.2, 0.25) is 12.3 Å². The molecule has 156 valence electrons. The van der Waals surface area contributed by atoms with Crippen molar-refractivity contribution in [1.82, 2.24) is 14.8 Å². The third kappa shape index (κ3) is 5.90. The first-order valence-electron chi connectivity index (χ1n) is 8.90. The van der Waals surface area contributed by atoms with E-state index in [-0.39, 0.29) is 0 Å². The van der Waals surface area contributed by atoms with Crippen molar-refractivity contribution in [3.05, 3.63) is 70.8 Å². The van der Waals surface area contributed by atoms with Crippen LogP contribution in [0, 0.1) is 11.3 Å². The second kappa shape index (κ2) is 10.2. The molecule has 0 radical (unpaired) electrons. The van der Waals surface area contributed by atoms with Crippen molar-refractivity contribution in [3.8, 4) is 11.8 Å². The molecule has 2 aromatic carbocycles. The topological polar surface area (TPSA) is 99.0 Å². The van der Waals surface area contributed by atoms with E-state index in [1.54, 1.807) is 28.8 Å². The van der Waals surface area contributed by atoms with E-state index in [1.807, 2.05) is 26.0 Å². The Bertz CT molecular complexity index is 1040. The third-order valence-corrected chi connectivity index (χ3v) is 6.02. The molecule has 3 aromatic rings. The van der Waals surface area contributed by atoms with Gasteiger partial charge in [-0.1, -0.05) is 29.8 Å². The molecule has 1 heterocycles. The fourth-order valence-corrected chi connectivity index (χ4v) is 4.18. The maximum Gasteiger partial charge on any atom is 0.244 e. The summed E-state index contributed by atoms with van der Waals surface area (Å²) in [6, 6.07) is 14.2. The predicted octanol–water partition coefficient (Wildman–Crippen LogP) is 4.91. The lowest BCUT2D eigenvalue weighted by Crippen LogP contribution is -2.15. The van der Waals surface area contributed by atoms with Gasteiger partial charge in [0.15, 0.2) is 5.75 Å². The van der Waals surface area contributed by atoms with Crippen molar-refractivity contribution in [3.63, 3.8) is 0 Å². The SMILES string of the molecule is CC(C)(C#N)c1cc(CSc2ccc(OSON)c(Cl)c2)cc(Cn2cncn2)c1. The van der Waals surface area contributed by atoms with E-state index in [0.717, 1.165) is 27.3 Å². The van der Waals surface area contributed by atoms with Crippen LogP contribution in [0.1, 0.15) is 30.5 Å². The van der Waals surface area contributed by atoms with Crippen LogP contribution < -0.4 is 10.1 Å². The summed E-state index contributed by atoms with van der Waals surface area (Å²) in [4.78, 5) is 4.99. The van der Waals surface area contributed by atoms with Crippen LogP contribution in [-0.2, 0) is 22.0 Å². The van der Waals surface area contributed by atoms with Gasteiger partial charge in [-0.15, -0.1) is 11.8 Å². The molecule has 0 aliphatic heterocycles. The molecule has 0 bridgehead atoms. The molecular formula is C20H20ClN5O2S2. The number of hydrogen-bond acceptors (Lipinski definition) is 8. The maximum atomic E-state index is 9.58. The van der Waals surface area contributed by atoms with Crippen LogP contribution in [0.25, 0.3) is 0 Å². The quantitative estimate of drug-likeness (QED) is 0.272. The minimum absolute atomic E-state index is 0.468. The number of nitriles is 1. The Labute approximate surface area is 188 Å². The molecule has 0 saturated carbocycles. The lowest BCUT2D eigenvalue weighted by molar-refractivity contribution is 0.365. The average Bonchev–Trinajstić information content (AvgIpc) is 3.24. The fourth-order valence-electron chi connectivity index (χ4n) is 2.73. The molecule has 2 N–H and O–H groups in total. The molecule has 10 heteroatoms. The van der Waals surface area contributed by atoms with Crippen LogP contribution in [0.15, 0.2) is 53.9 Å². The zero-order chi connectivity index (χ0) is 21.6. The van der Waals surface area contributed by atoms with Crippen molar-refractivity contribution in [2.75, 3.05) is 0 Å². The van der Waals surface area contributed by atoms with Gasteiger partial charge >= 0.3 is 0 Å². The van der Waals surface area contributed by atoms with Gasteiger partial charge in [-0.05, 0) is 48.7 Å². The molecule has 0 aliphatic rings. The Kier molecular flexibility index (Phi) is 7.64. The Hall–Kier alpha value is -2.22. The number of halogens is 1. The van der Waals surface area contributed by atoms with Crippen LogP contribution in [0.5, 0.6) is 5.75 Å². The van der Waals surface area contributed by atoms with Crippen molar-refractivity contribution in [2.24, 2.45) is 5.90 Å². The summed E-state index contributed by atoms with van der Waals surface area (Å²) in [5, 5.41) is 14.2. The van der Waals surface area contributed by atoms with Gasteiger partial charge in [-0.2, -0.15) is 20.5 Å². The zero-order valence-corrected chi connectivity index (χ0v) is 18.8. The molecule has 0 spiro atoms. The molecule has 0 atom stereocenters. The molecule has 0 saturated heterocycles. The number of hydrogen-bond donors (Lipinski definition) is 1. The highest BCUT2D eigenvalue weighted by Crippen LogP contribution is 2.34. The summed E-state index contributed by atoms with van der Waals surface area (Å²) in [6.45, 7) is 4.42. The van der Waals surface area contributed by atoms with E-state index in [2.05, 4.69) is 38.6 Å². The van der Waals surface area contributed by atoms with Gasteiger partial charge in [0.05, 0.1) is 23.1 Å². The largest absolute Gasteiger partial charge is 0.398 e.